The minimum absolute atomic E-state index is 0.0543. The molecule has 4 N–H and O–H groups in total. The Morgan fingerprint density at radius 3 is 2.55 bits per heavy atom. The molecule has 1 aromatic rings. The molecule has 2 atom stereocenters. The van der Waals surface area contributed by atoms with Gasteiger partial charge in [0, 0.05) is 44.3 Å². The third-order valence-corrected chi connectivity index (χ3v) is 6.96. The third-order valence-electron chi connectivity index (χ3n) is 6.96. The lowest BCUT2D eigenvalue weighted by Crippen LogP contribution is -2.54. The molecular formula is C28H38N6O8. The quantitative estimate of drug-likeness (QED) is 0.207. The number of hydrogen-bond acceptors (Lipinski definition) is 10. The summed E-state index contributed by atoms with van der Waals surface area (Å²) in [7, 11) is 0. The Bertz CT molecular complexity index is 1250. The van der Waals surface area contributed by atoms with Crippen molar-refractivity contribution in [1.29, 1.82) is 0 Å². The number of amides is 6. The van der Waals surface area contributed by atoms with E-state index < -0.39 is 41.4 Å². The fourth-order valence-electron chi connectivity index (χ4n) is 5.11. The number of rotatable bonds is 11. The first-order valence-electron chi connectivity index (χ1n) is 14.1. The molecule has 6 amide bonds. The van der Waals surface area contributed by atoms with E-state index in [4.69, 9.17) is 9.47 Å². The number of imide groups is 2. The van der Waals surface area contributed by atoms with Gasteiger partial charge in [0.1, 0.15) is 11.6 Å². The summed E-state index contributed by atoms with van der Waals surface area (Å²) in [5, 5.41) is 10.9. The van der Waals surface area contributed by atoms with Crippen LogP contribution in [0.5, 0.6) is 0 Å². The van der Waals surface area contributed by atoms with Crippen molar-refractivity contribution in [2.75, 3.05) is 51.3 Å². The molecule has 0 radical (unpaired) electrons. The van der Waals surface area contributed by atoms with Crippen LogP contribution in [-0.2, 0) is 23.9 Å². The number of fused-ring (bicyclic) bond motifs is 1. The van der Waals surface area contributed by atoms with Crippen molar-refractivity contribution < 1.29 is 38.2 Å². The van der Waals surface area contributed by atoms with Gasteiger partial charge in [-0.15, -0.1) is 0 Å². The number of benzene rings is 1. The Morgan fingerprint density at radius 1 is 1.05 bits per heavy atom. The highest BCUT2D eigenvalue weighted by molar-refractivity contribution is 6.25. The topological polar surface area (TPSA) is 175 Å². The molecule has 4 rings (SSSR count). The fraction of sp³-hybridized carbons (Fsp3) is 0.571. The zero-order valence-electron chi connectivity index (χ0n) is 24.1. The summed E-state index contributed by atoms with van der Waals surface area (Å²) in [5.41, 5.74) is 0.263. The van der Waals surface area contributed by atoms with E-state index in [0.717, 1.165) is 11.3 Å². The second-order valence-electron chi connectivity index (χ2n) is 11.4. The lowest BCUT2D eigenvalue weighted by atomic mass is 10.0. The number of piperidine rings is 1. The van der Waals surface area contributed by atoms with Crippen molar-refractivity contribution in [3.05, 3.63) is 29.3 Å². The predicted molar refractivity (Wildman–Crippen MR) is 150 cm³/mol. The lowest BCUT2D eigenvalue weighted by Gasteiger charge is -2.27. The van der Waals surface area contributed by atoms with Crippen molar-refractivity contribution in [3.8, 4) is 0 Å². The Morgan fingerprint density at radius 2 is 1.81 bits per heavy atom. The number of nitrogens with zero attached hydrogens (tertiary/aromatic N) is 2. The molecule has 3 aliphatic rings. The Balaban J connectivity index is 1.13. The van der Waals surface area contributed by atoms with Gasteiger partial charge in [-0.3, -0.25) is 39.1 Å². The number of ether oxygens (including phenoxy) is 2. The van der Waals surface area contributed by atoms with E-state index in [-0.39, 0.29) is 55.7 Å². The molecule has 1 unspecified atom stereocenters. The van der Waals surface area contributed by atoms with Gasteiger partial charge in [-0.1, -0.05) is 6.07 Å². The molecule has 2 saturated heterocycles. The molecule has 42 heavy (non-hydrogen) atoms. The van der Waals surface area contributed by atoms with Crippen LogP contribution in [0.15, 0.2) is 18.2 Å². The van der Waals surface area contributed by atoms with Crippen LogP contribution in [0.4, 0.5) is 10.5 Å². The summed E-state index contributed by atoms with van der Waals surface area (Å²) in [6.45, 7) is 8.11. The molecule has 2 fully saturated rings. The van der Waals surface area contributed by atoms with E-state index in [0.29, 0.717) is 31.9 Å². The van der Waals surface area contributed by atoms with Crippen molar-refractivity contribution in [2.24, 2.45) is 0 Å². The Labute approximate surface area is 243 Å². The molecule has 14 nitrogen and oxygen atoms in total. The van der Waals surface area contributed by atoms with Gasteiger partial charge in [-0.2, -0.15) is 0 Å². The van der Waals surface area contributed by atoms with Crippen LogP contribution >= 0.6 is 0 Å². The molecule has 0 bridgehead atoms. The molecule has 3 aliphatic heterocycles. The van der Waals surface area contributed by atoms with Crippen molar-refractivity contribution in [1.82, 2.24) is 25.8 Å². The second kappa shape index (κ2) is 13.3. The van der Waals surface area contributed by atoms with Crippen LogP contribution in [-0.4, -0.2) is 109 Å². The number of alkyl carbamates (subject to hydrolysis) is 1. The van der Waals surface area contributed by atoms with E-state index in [1.807, 2.05) is 4.90 Å². The van der Waals surface area contributed by atoms with Gasteiger partial charge in [-0.05, 0) is 45.7 Å². The predicted octanol–water partition coefficient (Wildman–Crippen LogP) is 0.232. The minimum atomic E-state index is -1.03. The van der Waals surface area contributed by atoms with Crippen LogP contribution in [0, 0.1) is 0 Å². The standard InChI is InChI=1S/C28H38N6O8/c1-28(2,3)42-27(40)31-17-9-12-33(15-17)16-22(36)30-11-14-41-13-10-29-19-6-4-5-18-23(19)26(39)34(25(18)38)20-7-8-21(35)32-24(20)37/h4-6,17,20,29H,7-16H2,1-3H3,(H,30,36)(H,31,40)(H,32,35,37)/t17-,20?/m0/s1. The monoisotopic (exact) mass is 586 g/mol. The van der Waals surface area contributed by atoms with Gasteiger partial charge >= 0.3 is 6.09 Å². The third kappa shape index (κ3) is 7.82. The Kier molecular flexibility index (Phi) is 9.78. The van der Waals surface area contributed by atoms with Crippen molar-refractivity contribution >= 4 is 41.3 Å². The van der Waals surface area contributed by atoms with E-state index in [1.54, 1.807) is 32.9 Å². The van der Waals surface area contributed by atoms with Crippen molar-refractivity contribution in [2.45, 2.75) is 57.7 Å². The molecular weight excluding hydrogens is 548 g/mol. The zero-order chi connectivity index (χ0) is 30.4. The number of carbonyl (C=O) groups excluding carboxylic acids is 6. The summed E-state index contributed by atoms with van der Waals surface area (Å²) in [5.74, 6) is -2.37. The van der Waals surface area contributed by atoms with Crippen LogP contribution in [0.2, 0.25) is 0 Å². The molecule has 0 spiro atoms. The van der Waals surface area contributed by atoms with Gasteiger partial charge < -0.3 is 25.4 Å². The summed E-state index contributed by atoms with van der Waals surface area (Å²) in [6, 6.07) is 3.76. The number of carbonyl (C=O) groups is 6. The first kappa shape index (κ1) is 30.9. The number of likely N-dealkylation sites (tertiary alicyclic amines) is 1. The zero-order valence-corrected chi connectivity index (χ0v) is 24.1. The molecule has 0 aliphatic carbocycles. The first-order valence-corrected chi connectivity index (χ1v) is 14.1. The average Bonchev–Trinajstić information content (AvgIpc) is 3.44. The average molecular weight is 587 g/mol. The van der Waals surface area contributed by atoms with Gasteiger partial charge in [0.2, 0.25) is 17.7 Å². The highest BCUT2D eigenvalue weighted by Crippen LogP contribution is 2.32. The number of anilines is 1. The van der Waals surface area contributed by atoms with Gasteiger partial charge in [0.25, 0.3) is 11.8 Å². The van der Waals surface area contributed by atoms with Gasteiger partial charge in [0.05, 0.1) is 30.9 Å². The molecule has 3 heterocycles. The van der Waals surface area contributed by atoms with Gasteiger partial charge in [-0.25, -0.2) is 4.79 Å². The number of nitrogens with one attached hydrogen (secondary N) is 4. The van der Waals surface area contributed by atoms with E-state index in [9.17, 15) is 28.8 Å². The first-order chi connectivity index (χ1) is 19.9. The van der Waals surface area contributed by atoms with E-state index >= 15 is 0 Å². The normalized spacial score (nSPS) is 20.8. The Hall–Kier alpha value is -4.04. The summed E-state index contributed by atoms with van der Waals surface area (Å²) in [6.07, 6.45) is 0.421. The second-order valence-corrected chi connectivity index (χ2v) is 11.4. The maximum Gasteiger partial charge on any atom is 0.407 e. The largest absolute Gasteiger partial charge is 0.444 e. The summed E-state index contributed by atoms with van der Waals surface area (Å²) in [4.78, 5) is 76.9. The maximum atomic E-state index is 13.1. The van der Waals surface area contributed by atoms with Crippen LogP contribution in [0.1, 0.15) is 60.7 Å². The fourth-order valence-corrected chi connectivity index (χ4v) is 5.11. The minimum Gasteiger partial charge on any atom is -0.444 e. The molecule has 228 valence electrons. The number of hydrogen-bond donors (Lipinski definition) is 4. The molecule has 0 saturated carbocycles. The van der Waals surface area contributed by atoms with Crippen LogP contribution in [0.3, 0.4) is 0 Å². The SMILES string of the molecule is CC(C)(C)OC(=O)N[C@H]1CCN(CC(=O)NCCOCCNc2cccc3c2C(=O)N(C2CCC(=O)NC2=O)C3=O)C1. The highest BCUT2D eigenvalue weighted by atomic mass is 16.6. The van der Waals surface area contributed by atoms with E-state index in [1.165, 1.54) is 6.07 Å². The van der Waals surface area contributed by atoms with E-state index in [2.05, 4.69) is 21.3 Å². The van der Waals surface area contributed by atoms with Gasteiger partial charge in [0.15, 0.2) is 0 Å². The molecule has 1 aromatic carbocycles. The van der Waals surface area contributed by atoms with Crippen LogP contribution in [0.25, 0.3) is 0 Å². The maximum absolute atomic E-state index is 13.1. The summed E-state index contributed by atoms with van der Waals surface area (Å²) < 4.78 is 10.9. The molecule has 14 heteroatoms. The smallest absolute Gasteiger partial charge is 0.407 e. The van der Waals surface area contributed by atoms with Crippen molar-refractivity contribution in [3.63, 3.8) is 0 Å². The highest BCUT2D eigenvalue weighted by Gasteiger charge is 2.45. The summed E-state index contributed by atoms with van der Waals surface area (Å²) >= 11 is 0. The van der Waals surface area contributed by atoms with Crippen LogP contribution < -0.4 is 21.3 Å². The lowest BCUT2D eigenvalue weighted by molar-refractivity contribution is -0.136. The molecule has 0 aromatic heterocycles.